The molecule has 2 aromatic carbocycles. The van der Waals surface area contributed by atoms with Crippen LogP contribution < -0.4 is 20.1 Å². The van der Waals surface area contributed by atoms with Crippen LogP contribution in [-0.4, -0.2) is 31.6 Å². The molecule has 2 aromatic rings. The van der Waals surface area contributed by atoms with Crippen LogP contribution in [0.15, 0.2) is 42.5 Å². The van der Waals surface area contributed by atoms with E-state index in [-0.39, 0.29) is 11.8 Å². The van der Waals surface area contributed by atoms with E-state index in [2.05, 4.69) is 10.6 Å². The maximum Gasteiger partial charge on any atom is 0.253 e. The number of benzene rings is 2. The Morgan fingerprint density at radius 2 is 1.66 bits per heavy atom. The molecule has 0 aliphatic carbocycles. The number of ether oxygens (including phenoxy) is 2. The van der Waals surface area contributed by atoms with Crippen molar-refractivity contribution in [2.75, 3.05) is 25.1 Å². The number of hydrogen-bond donors (Lipinski definition) is 2. The van der Waals surface area contributed by atoms with Gasteiger partial charge in [-0.05, 0) is 56.5 Å². The molecular formula is C23H30N2O4. The molecule has 0 saturated heterocycles. The van der Waals surface area contributed by atoms with E-state index in [0.29, 0.717) is 55.4 Å². The highest BCUT2D eigenvalue weighted by atomic mass is 16.5. The Morgan fingerprint density at radius 3 is 2.38 bits per heavy atom. The molecule has 0 bridgehead atoms. The molecule has 156 valence electrons. The normalized spacial score (nSPS) is 10.3. The second-order valence-electron chi connectivity index (χ2n) is 6.50. The maximum atomic E-state index is 12.5. The van der Waals surface area contributed by atoms with Gasteiger partial charge in [-0.15, -0.1) is 0 Å². The highest BCUT2D eigenvalue weighted by Crippen LogP contribution is 2.29. The van der Waals surface area contributed by atoms with E-state index >= 15 is 0 Å². The summed E-state index contributed by atoms with van der Waals surface area (Å²) >= 11 is 0. The molecule has 29 heavy (non-hydrogen) atoms. The molecule has 0 aliphatic rings. The first-order valence-corrected chi connectivity index (χ1v) is 10.1. The van der Waals surface area contributed by atoms with Crippen molar-refractivity contribution in [3.63, 3.8) is 0 Å². The predicted molar refractivity (Wildman–Crippen MR) is 115 cm³/mol. The van der Waals surface area contributed by atoms with E-state index in [0.717, 1.165) is 12.0 Å². The van der Waals surface area contributed by atoms with Crippen molar-refractivity contribution < 1.29 is 19.1 Å². The molecule has 0 aromatic heterocycles. The number of amides is 2. The molecular weight excluding hydrogens is 368 g/mol. The Bertz CT molecular complexity index is 820. The number of nitrogens with one attached hydrogen (secondary N) is 2. The molecule has 2 amide bonds. The van der Waals surface area contributed by atoms with E-state index in [1.54, 1.807) is 24.3 Å². The summed E-state index contributed by atoms with van der Waals surface area (Å²) in [6.45, 7) is 7.54. The maximum absolute atomic E-state index is 12.5. The molecule has 0 saturated carbocycles. The number of carbonyl (C=O) groups excluding carboxylic acids is 2. The Balaban J connectivity index is 2.00. The third-order valence-corrected chi connectivity index (χ3v) is 4.23. The van der Waals surface area contributed by atoms with Gasteiger partial charge in [0.25, 0.3) is 5.91 Å². The van der Waals surface area contributed by atoms with Gasteiger partial charge in [0.15, 0.2) is 11.5 Å². The monoisotopic (exact) mass is 398 g/mol. The molecule has 0 spiro atoms. The van der Waals surface area contributed by atoms with Gasteiger partial charge in [0, 0.05) is 13.0 Å². The molecule has 6 heteroatoms. The van der Waals surface area contributed by atoms with Crippen LogP contribution in [0.3, 0.4) is 0 Å². The third-order valence-electron chi connectivity index (χ3n) is 4.23. The van der Waals surface area contributed by atoms with E-state index in [1.165, 1.54) is 0 Å². The van der Waals surface area contributed by atoms with Gasteiger partial charge in [-0.1, -0.05) is 25.1 Å². The Labute approximate surface area is 172 Å². The largest absolute Gasteiger partial charge is 0.490 e. The van der Waals surface area contributed by atoms with Crippen molar-refractivity contribution in [2.45, 2.75) is 40.0 Å². The lowest BCUT2D eigenvalue weighted by molar-refractivity contribution is -0.116. The average Bonchev–Trinajstić information content (AvgIpc) is 2.73. The molecule has 0 fully saturated rings. The number of hydrogen-bond acceptors (Lipinski definition) is 4. The van der Waals surface area contributed by atoms with Crippen LogP contribution in [0.2, 0.25) is 0 Å². The van der Waals surface area contributed by atoms with Gasteiger partial charge in [-0.2, -0.15) is 0 Å². The Kier molecular flexibility index (Phi) is 9.02. The van der Waals surface area contributed by atoms with Crippen molar-refractivity contribution in [3.05, 3.63) is 53.6 Å². The topological polar surface area (TPSA) is 76.7 Å². The second-order valence-corrected chi connectivity index (χ2v) is 6.50. The van der Waals surface area contributed by atoms with Crippen LogP contribution in [0.4, 0.5) is 5.69 Å². The Hall–Kier alpha value is -3.02. The second kappa shape index (κ2) is 11.7. The van der Waals surface area contributed by atoms with Gasteiger partial charge in [0.1, 0.15) is 0 Å². The zero-order valence-corrected chi connectivity index (χ0v) is 17.4. The van der Waals surface area contributed by atoms with Crippen LogP contribution in [0.25, 0.3) is 0 Å². The van der Waals surface area contributed by atoms with Crippen molar-refractivity contribution in [2.24, 2.45) is 0 Å². The summed E-state index contributed by atoms with van der Waals surface area (Å²) < 4.78 is 11.2. The first-order valence-electron chi connectivity index (χ1n) is 10.1. The van der Waals surface area contributed by atoms with Gasteiger partial charge >= 0.3 is 0 Å². The van der Waals surface area contributed by atoms with Crippen LogP contribution in [0.1, 0.15) is 49.5 Å². The summed E-state index contributed by atoms with van der Waals surface area (Å²) in [6, 6.07) is 12.7. The van der Waals surface area contributed by atoms with E-state index in [1.807, 2.05) is 39.0 Å². The molecule has 2 rings (SSSR count). The highest BCUT2D eigenvalue weighted by molar-refractivity contribution is 6.03. The first-order chi connectivity index (χ1) is 14.1. The van der Waals surface area contributed by atoms with Crippen molar-refractivity contribution in [1.29, 1.82) is 0 Å². The zero-order valence-electron chi connectivity index (χ0n) is 17.4. The van der Waals surface area contributed by atoms with Gasteiger partial charge in [-0.25, -0.2) is 0 Å². The molecule has 0 atom stereocenters. The number of para-hydroxylation sites is 1. The predicted octanol–water partition coefficient (Wildman–Crippen LogP) is 4.20. The van der Waals surface area contributed by atoms with Gasteiger partial charge in [-0.3, -0.25) is 9.59 Å². The smallest absolute Gasteiger partial charge is 0.253 e. The molecule has 6 nitrogen and oxygen atoms in total. The number of aryl methyl sites for hydroxylation is 1. The third kappa shape index (κ3) is 6.82. The molecule has 0 radical (unpaired) electrons. The fraction of sp³-hybridized carbons (Fsp3) is 0.391. The number of anilines is 1. The van der Waals surface area contributed by atoms with Crippen LogP contribution in [0, 0.1) is 0 Å². The van der Waals surface area contributed by atoms with E-state index in [9.17, 15) is 9.59 Å². The fourth-order valence-corrected chi connectivity index (χ4v) is 2.85. The standard InChI is InChI=1S/C23H30N2O4/c1-4-15-24-23(27)18-9-7-8-10-19(18)25-22(26)14-12-17-11-13-20(28-5-2)21(16-17)29-6-3/h7-11,13,16H,4-6,12,14-15H2,1-3H3,(H,24,27)(H,25,26). The lowest BCUT2D eigenvalue weighted by atomic mass is 10.1. The zero-order chi connectivity index (χ0) is 21.1. The molecule has 0 unspecified atom stereocenters. The van der Waals surface area contributed by atoms with Gasteiger partial charge < -0.3 is 20.1 Å². The summed E-state index contributed by atoms with van der Waals surface area (Å²) in [5.41, 5.74) is 1.97. The number of rotatable bonds is 11. The van der Waals surface area contributed by atoms with Crippen LogP contribution >= 0.6 is 0 Å². The highest BCUT2D eigenvalue weighted by Gasteiger charge is 2.13. The van der Waals surface area contributed by atoms with Crippen molar-refractivity contribution in [1.82, 2.24) is 5.32 Å². The van der Waals surface area contributed by atoms with E-state index in [4.69, 9.17) is 9.47 Å². The minimum Gasteiger partial charge on any atom is -0.490 e. The molecule has 2 N–H and O–H groups in total. The Morgan fingerprint density at radius 1 is 0.931 bits per heavy atom. The summed E-state index contributed by atoms with van der Waals surface area (Å²) in [5, 5.41) is 5.69. The minimum atomic E-state index is -0.185. The first kappa shape index (κ1) is 22.3. The summed E-state index contributed by atoms with van der Waals surface area (Å²) in [5.74, 6) is 1.06. The van der Waals surface area contributed by atoms with Crippen LogP contribution in [-0.2, 0) is 11.2 Å². The van der Waals surface area contributed by atoms with Gasteiger partial charge in [0.2, 0.25) is 5.91 Å². The van der Waals surface area contributed by atoms with Gasteiger partial charge in [0.05, 0.1) is 24.5 Å². The molecule has 0 heterocycles. The van der Waals surface area contributed by atoms with Crippen molar-refractivity contribution in [3.8, 4) is 11.5 Å². The van der Waals surface area contributed by atoms with E-state index < -0.39 is 0 Å². The lowest BCUT2D eigenvalue weighted by Gasteiger charge is -2.13. The summed E-state index contributed by atoms with van der Waals surface area (Å²) in [6.07, 6.45) is 1.71. The lowest BCUT2D eigenvalue weighted by Crippen LogP contribution is -2.25. The summed E-state index contributed by atoms with van der Waals surface area (Å²) in [7, 11) is 0. The minimum absolute atomic E-state index is 0.146. The average molecular weight is 399 g/mol. The SMILES string of the molecule is CCCNC(=O)c1ccccc1NC(=O)CCc1ccc(OCC)c(OCC)c1. The van der Waals surface area contributed by atoms with Crippen LogP contribution in [0.5, 0.6) is 11.5 Å². The molecule has 0 aliphatic heterocycles. The van der Waals surface area contributed by atoms with Crippen molar-refractivity contribution >= 4 is 17.5 Å². The fourth-order valence-electron chi connectivity index (χ4n) is 2.85. The summed E-state index contributed by atoms with van der Waals surface area (Å²) in [4.78, 5) is 24.7. The quantitative estimate of drug-likeness (QED) is 0.595. The number of carbonyl (C=O) groups is 2.